The fourth-order valence-electron chi connectivity index (χ4n) is 1.62. The number of nitrogens with zero attached hydrogens (tertiary/aromatic N) is 2. The van der Waals surface area contributed by atoms with Gasteiger partial charge in [0.2, 0.25) is 0 Å². The molecule has 0 bridgehead atoms. The summed E-state index contributed by atoms with van der Waals surface area (Å²) in [6.45, 7) is 0.608. The third-order valence-electron chi connectivity index (χ3n) is 2.65. The molecule has 2 N–H and O–H groups in total. The third-order valence-corrected chi connectivity index (χ3v) is 2.65. The van der Waals surface area contributed by atoms with Crippen LogP contribution >= 0.6 is 0 Å². The van der Waals surface area contributed by atoms with Crippen LogP contribution in [0.2, 0.25) is 0 Å². The molecule has 1 aromatic heterocycles. The van der Waals surface area contributed by atoms with E-state index in [1.165, 1.54) is 6.20 Å². The quantitative estimate of drug-likeness (QED) is 0.681. The molecule has 0 atom stereocenters. The molecule has 6 nitrogen and oxygen atoms in total. The van der Waals surface area contributed by atoms with E-state index in [4.69, 9.17) is 5.11 Å². The molecule has 0 aromatic carbocycles. The van der Waals surface area contributed by atoms with Crippen LogP contribution in [-0.2, 0) is 11.8 Å². The molecule has 0 spiro atoms. The molecule has 0 unspecified atom stereocenters. The first-order valence-electron chi connectivity index (χ1n) is 6.07. The van der Waals surface area contributed by atoms with Crippen LogP contribution in [0.15, 0.2) is 12.5 Å². The second kappa shape index (κ2) is 7.47. The third kappa shape index (κ3) is 4.99. The van der Waals surface area contributed by atoms with Gasteiger partial charge in [0.1, 0.15) is 5.69 Å². The molecule has 6 heteroatoms. The van der Waals surface area contributed by atoms with Crippen molar-refractivity contribution in [2.45, 2.75) is 32.1 Å². The summed E-state index contributed by atoms with van der Waals surface area (Å²) in [7, 11) is 1.77. The van der Waals surface area contributed by atoms with Crippen LogP contribution in [0.3, 0.4) is 0 Å². The number of carboxylic acids is 1. The maximum Gasteiger partial charge on any atom is 0.303 e. The summed E-state index contributed by atoms with van der Waals surface area (Å²) in [5, 5.41) is 11.3. The minimum atomic E-state index is -0.750. The molecule has 1 heterocycles. The molecule has 0 aliphatic carbocycles. The van der Waals surface area contributed by atoms with E-state index in [2.05, 4.69) is 10.3 Å². The lowest BCUT2D eigenvalue weighted by Gasteiger charge is -2.05. The van der Waals surface area contributed by atoms with E-state index in [1.54, 1.807) is 17.9 Å². The number of aliphatic carboxylic acids is 1. The van der Waals surface area contributed by atoms with E-state index in [0.717, 1.165) is 19.3 Å². The van der Waals surface area contributed by atoms with E-state index in [9.17, 15) is 9.59 Å². The Morgan fingerprint density at radius 2 is 2.06 bits per heavy atom. The number of carboxylic acid groups (broad SMARTS) is 1. The lowest BCUT2D eigenvalue weighted by Crippen LogP contribution is -2.26. The molecule has 0 saturated carbocycles. The van der Waals surface area contributed by atoms with Crippen molar-refractivity contribution >= 4 is 11.9 Å². The number of hydrogen-bond donors (Lipinski definition) is 2. The minimum absolute atomic E-state index is 0.125. The maximum atomic E-state index is 11.7. The minimum Gasteiger partial charge on any atom is -0.481 e. The van der Waals surface area contributed by atoms with Crippen molar-refractivity contribution in [2.75, 3.05) is 6.54 Å². The number of amides is 1. The zero-order valence-electron chi connectivity index (χ0n) is 10.6. The predicted molar refractivity (Wildman–Crippen MR) is 66.3 cm³/mol. The van der Waals surface area contributed by atoms with E-state index in [0.29, 0.717) is 18.7 Å². The zero-order valence-corrected chi connectivity index (χ0v) is 10.6. The largest absolute Gasteiger partial charge is 0.481 e. The van der Waals surface area contributed by atoms with Crippen LogP contribution in [0.1, 0.15) is 42.6 Å². The molecule has 0 radical (unpaired) electrons. The highest BCUT2D eigenvalue weighted by molar-refractivity contribution is 5.92. The van der Waals surface area contributed by atoms with E-state index < -0.39 is 5.97 Å². The van der Waals surface area contributed by atoms with Gasteiger partial charge in [-0.05, 0) is 12.8 Å². The molecule has 1 rings (SSSR count). The van der Waals surface area contributed by atoms with Gasteiger partial charge in [-0.25, -0.2) is 4.98 Å². The second-order valence-corrected chi connectivity index (χ2v) is 4.20. The van der Waals surface area contributed by atoms with Crippen LogP contribution in [0, 0.1) is 0 Å². The molecule has 100 valence electrons. The van der Waals surface area contributed by atoms with Gasteiger partial charge in [0.15, 0.2) is 0 Å². The Kier molecular flexibility index (Phi) is 5.90. The Labute approximate surface area is 106 Å². The first kappa shape index (κ1) is 14.2. The molecule has 1 aromatic rings. The van der Waals surface area contributed by atoms with Gasteiger partial charge in [-0.15, -0.1) is 0 Å². The normalized spacial score (nSPS) is 10.3. The number of aromatic nitrogens is 2. The number of unbranched alkanes of at least 4 members (excludes halogenated alkanes) is 3. The molecular weight excluding hydrogens is 234 g/mol. The Morgan fingerprint density at radius 3 is 2.67 bits per heavy atom. The van der Waals surface area contributed by atoms with Crippen molar-refractivity contribution < 1.29 is 14.7 Å². The number of carbonyl (C=O) groups is 2. The van der Waals surface area contributed by atoms with Crippen molar-refractivity contribution in [3.05, 3.63) is 18.2 Å². The number of carbonyl (C=O) groups excluding carboxylic acids is 1. The van der Waals surface area contributed by atoms with E-state index in [1.807, 2.05) is 0 Å². The SMILES string of the molecule is Cn1cncc1C(=O)NCCCCCCC(=O)O. The van der Waals surface area contributed by atoms with Crippen LogP contribution in [-0.4, -0.2) is 33.1 Å². The van der Waals surface area contributed by atoms with Crippen LogP contribution in [0.5, 0.6) is 0 Å². The number of rotatable bonds is 8. The maximum absolute atomic E-state index is 11.7. The van der Waals surface area contributed by atoms with Crippen molar-refractivity contribution in [1.29, 1.82) is 0 Å². The summed E-state index contributed by atoms with van der Waals surface area (Å²) in [6, 6.07) is 0. The number of nitrogens with one attached hydrogen (secondary N) is 1. The summed E-state index contributed by atoms with van der Waals surface area (Å²) in [5.74, 6) is -0.875. The standard InChI is InChI=1S/C12H19N3O3/c1-15-9-13-8-10(15)12(18)14-7-5-3-2-4-6-11(16)17/h8-9H,2-7H2,1H3,(H,14,18)(H,16,17). The summed E-state index contributed by atoms with van der Waals surface area (Å²) in [5.41, 5.74) is 0.542. The first-order chi connectivity index (χ1) is 8.61. The number of hydrogen-bond acceptors (Lipinski definition) is 3. The van der Waals surface area contributed by atoms with Crippen molar-refractivity contribution in [2.24, 2.45) is 7.05 Å². The van der Waals surface area contributed by atoms with Crippen molar-refractivity contribution in [1.82, 2.24) is 14.9 Å². The average molecular weight is 253 g/mol. The van der Waals surface area contributed by atoms with Gasteiger partial charge in [-0.3, -0.25) is 9.59 Å². The van der Waals surface area contributed by atoms with Crippen LogP contribution < -0.4 is 5.32 Å². The Bertz CT molecular complexity index is 401. The highest BCUT2D eigenvalue weighted by atomic mass is 16.4. The molecule has 0 fully saturated rings. The second-order valence-electron chi connectivity index (χ2n) is 4.20. The number of aryl methyl sites for hydroxylation is 1. The Balaban J connectivity index is 2.06. The van der Waals surface area contributed by atoms with Gasteiger partial charge in [0, 0.05) is 20.0 Å². The van der Waals surface area contributed by atoms with Gasteiger partial charge in [0.25, 0.3) is 5.91 Å². The molecule has 0 aliphatic heterocycles. The smallest absolute Gasteiger partial charge is 0.303 e. The lowest BCUT2D eigenvalue weighted by molar-refractivity contribution is -0.137. The highest BCUT2D eigenvalue weighted by Crippen LogP contribution is 2.02. The Hall–Kier alpha value is -1.85. The monoisotopic (exact) mass is 253 g/mol. The van der Waals surface area contributed by atoms with Crippen LogP contribution in [0.4, 0.5) is 0 Å². The Morgan fingerprint density at radius 1 is 1.33 bits per heavy atom. The highest BCUT2D eigenvalue weighted by Gasteiger charge is 2.08. The molecule has 18 heavy (non-hydrogen) atoms. The van der Waals surface area contributed by atoms with Gasteiger partial charge < -0.3 is 15.0 Å². The molecular formula is C12H19N3O3. The van der Waals surface area contributed by atoms with Gasteiger partial charge in [-0.1, -0.05) is 12.8 Å². The van der Waals surface area contributed by atoms with Gasteiger partial charge in [-0.2, -0.15) is 0 Å². The lowest BCUT2D eigenvalue weighted by atomic mass is 10.1. The zero-order chi connectivity index (χ0) is 13.4. The van der Waals surface area contributed by atoms with Crippen LogP contribution in [0.25, 0.3) is 0 Å². The fourth-order valence-corrected chi connectivity index (χ4v) is 1.62. The van der Waals surface area contributed by atoms with Gasteiger partial charge >= 0.3 is 5.97 Å². The summed E-state index contributed by atoms with van der Waals surface area (Å²) >= 11 is 0. The topological polar surface area (TPSA) is 84.2 Å². The van der Waals surface area contributed by atoms with Gasteiger partial charge in [0.05, 0.1) is 12.5 Å². The summed E-state index contributed by atoms with van der Waals surface area (Å²) < 4.78 is 1.67. The first-order valence-corrected chi connectivity index (χ1v) is 6.07. The number of imidazole rings is 1. The van der Waals surface area contributed by atoms with E-state index >= 15 is 0 Å². The molecule has 0 saturated heterocycles. The molecule has 1 amide bonds. The van der Waals surface area contributed by atoms with Crippen molar-refractivity contribution in [3.8, 4) is 0 Å². The summed E-state index contributed by atoms with van der Waals surface area (Å²) in [4.78, 5) is 25.8. The molecule has 0 aliphatic rings. The average Bonchev–Trinajstić information content (AvgIpc) is 2.73. The summed E-state index contributed by atoms with van der Waals surface area (Å²) in [6.07, 6.45) is 6.71. The predicted octanol–water partition coefficient (Wildman–Crippen LogP) is 1.18. The van der Waals surface area contributed by atoms with E-state index in [-0.39, 0.29) is 12.3 Å². The van der Waals surface area contributed by atoms with Crippen molar-refractivity contribution in [3.63, 3.8) is 0 Å². The fraction of sp³-hybridized carbons (Fsp3) is 0.583.